The number of nitrogens with two attached hydrogens (primary N) is 1. The first kappa shape index (κ1) is 25.1. The van der Waals surface area contributed by atoms with Crippen LogP contribution in [0.25, 0.3) is 34.3 Å². The molecule has 0 amide bonds. The average Bonchev–Trinajstić information content (AvgIpc) is 3.44. The minimum atomic E-state index is -1.08. The molecule has 2 aromatic heterocycles. The highest BCUT2D eigenvalue weighted by molar-refractivity contribution is 7.85. The van der Waals surface area contributed by atoms with Gasteiger partial charge in [-0.2, -0.15) is 0 Å². The third kappa shape index (κ3) is 5.90. The lowest BCUT2D eigenvalue weighted by Crippen LogP contribution is -2.24. The van der Waals surface area contributed by atoms with E-state index in [1.807, 2.05) is 48.5 Å². The van der Waals surface area contributed by atoms with Crippen molar-refractivity contribution in [1.29, 1.82) is 0 Å². The lowest BCUT2D eigenvalue weighted by molar-refractivity contribution is 0.0992. The summed E-state index contributed by atoms with van der Waals surface area (Å²) in [4.78, 5) is 9.68. The van der Waals surface area contributed by atoms with Gasteiger partial charge in [-0.25, -0.2) is 14.4 Å². The van der Waals surface area contributed by atoms with Crippen LogP contribution in [0, 0.1) is 0 Å². The van der Waals surface area contributed by atoms with Crippen molar-refractivity contribution >= 4 is 16.6 Å². The maximum absolute atomic E-state index is 12.9. The molecule has 1 saturated heterocycles. The number of aromatic nitrogens is 4. The Bertz CT molecular complexity index is 1360. The summed E-state index contributed by atoms with van der Waals surface area (Å²) in [5, 5.41) is 11.4. The molecule has 0 aliphatic carbocycles. The van der Waals surface area contributed by atoms with Crippen LogP contribution in [0.5, 0.6) is 0 Å². The van der Waals surface area contributed by atoms with Gasteiger partial charge in [-0.3, -0.25) is 4.21 Å². The summed E-state index contributed by atoms with van der Waals surface area (Å²) >= 11 is 0. The average molecular weight is 523 g/mol. The van der Waals surface area contributed by atoms with E-state index in [-0.39, 0.29) is 22.7 Å². The smallest absolute Gasteiger partial charge is 0.270 e. The van der Waals surface area contributed by atoms with Gasteiger partial charge in [0.2, 0.25) is 5.89 Å². The van der Waals surface area contributed by atoms with Crippen LogP contribution >= 0.6 is 0 Å². The van der Waals surface area contributed by atoms with Crippen molar-refractivity contribution in [3.8, 4) is 34.3 Å². The van der Waals surface area contributed by atoms with Crippen molar-refractivity contribution in [1.82, 2.24) is 25.5 Å². The largest absolute Gasteiger partial charge is 0.414 e. The van der Waals surface area contributed by atoms with Crippen LogP contribution in [0.1, 0.15) is 18.4 Å². The third-order valence-corrected chi connectivity index (χ3v) is 7.90. The van der Waals surface area contributed by atoms with Crippen LogP contribution < -0.4 is 11.1 Å². The van der Waals surface area contributed by atoms with E-state index >= 15 is 0 Å². The monoisotopic (exact) mass is 522 g/mol. The van der Waals surface area contributed by atoms with Crippen molar-refractivity contribution in [2.24, 2.45) is 0 Å². The Morgan fingerprint density at radius 1 is 1.00 bits per heavy atom. The predicted octanol–water partition coefficient (Wildman–Crippen LogP) is 3.79. The Morgan fingerprint density at radius 3 is 2.43 bits per heavy atom. The number of benzene rings is 2. The van der Waals surface area contributed by atoms with E-state index < -0.39 is 17.5 Å². The molecule has 0 radical (unpaired) electrons. The van der Waals surface area contributed by atoms with Gasteiger partial charge in [0.15, 0.2) is 11.5 Å². The van der Waals surface area contributed by atoms with E-state index in [1.54, 1.807) is 6.20 Å². The van der Waals surface area contributed by atoms with Gasteiger partial charge in [0.25, 0.3) is 5.89 Å². The number of alkyl halides is 1. The minimum absolute atomic E-state index is 0.114. The molecule has 3 N–H and O–H groups in total. The normalized spacial score (nSPS) is 15.1. The van der Waals surface area contributed by atoms with E-state index in [1.165, 1.54) is 0 Å². The highest BCUT2D eigenvalue weighted by atomic mass is 32.2. The molecule has 5 rings (SSSR count). The zero-order valence-electron chi connectivity index (χ0n) is 20.1. The van der Waals surface area contributed by atoms with Crippen LogP contribution in [0.4, 0.5) is 10.2 Å². The second-order valence-corrected chi connectivity index (χ2v) is 10.3. The van der Waals surface area contributed by atoms with Gasteiger partial charge in [-0.1, -0.05) is 24.3 Å². The molecule has 1 atom stereocenters. The second-order valence-electron chi connectivity index (χ2n) is 8.60. The number of rotatable bonds is 9. The summed E-state index contributed by atoms with van der Waals surface area (Å²) in [6.07, 6.45) is 3.18. The zero-order valence-corrected chi connectivity index (χ0v) is 20.9. The summed E-state index contributed by atoms with van der Waals surface area (Å²) in [5.41, 5.74) is 9.52. The molecule has 1 fully saturated rings. The van der Waals surface area contributed by atoms with E-state index in [0.29, 0.717) is 37.9 Å². The minimum Gasteiger partial charge on any atom is -0.414 e. The fourth-order valence-electron chi connectivity index (χ4n) is 4.04. The fraction of sp³-hybridized carbons (Fsp3) is 0.308. The van der Waals surface area contributed by atoms with Crippen molar-refractivity contribution < 1.29 is 17.8 Å². The summed E-state index contributed by atoms with van der Waals surface area (Å²) in [7, 11) is -1.08. The Labute approximate surface area is 216 Å². The SMILES string of the molecule is Nc1ncc(-c2ccc(S(=O)C3CCOCC3)cc2)nc1-c1nnc(-c2ccc(CNCCF)cc2)o1. The maximum Gasteiger partial charge on any atom is 0.270 e. The van der Waals surface area contributed by atoms with Gasteiger partial charge in [-0.15, -0.1) is 10.2 Å². The number of nitrogen functional groups attached to an aromatic ring is 1. The van der Waals surface area contributed by atoms with Gasteiger partial charge in [0.1, 0.15) is 6.67 Å². The topological polar surface area (TPSA) is 129 Å². The van der Waals surface area contributed by atoms with E-state index in [4.69, 9.17) is 14.9 Å². The first-order chi connectivity index (χ1) is 18.1. The molecule has 4 aromatic rings. The third-order valence-electron chi connectivity index (χ3n) is 6.08. The molecule has 9 nitrogen and oxygen atoms in total. The molecule has 1 aliphatic heterocycles. The number of nitrogens with one attached hydrogen (secondary N) is 1. The number of halogens is 1. The Morgan fingerprint density at radius 2 is 1.70 bits per heavy atom. The lowest BCUT2D eigenvalue weighted by atomic mass is 10.1. The van der Waals surface area contributed by atoms with E-state index in [0.717, 1.165) is 34.4 Å². The van der Waals surface area contributed by atoms with Gasteiger partial charge < -0.3 is 20.2 Å². The van der Waals surface area contributed by atoms with Crippen molar-refractivity contribution in [3.63, 3.8) is 0 Å². The van der Waals surface area contributed by atoms with Crippen molar-refractivity contribution in [2.45, 2.75) is 29.5 Å². The molecule has 0 bridgehead atoms. The molecule has 192 valence electrons. The number of hydrogen-bond acceptors (Lipinski definition) is 9. The molecule has 1 unspecified atom stereocenters. The van der Waals surface area contributed by atoms with Crippen LogP contribution in [0.15, 0.2) is 64.0 Å². The standard InChI is InChI=1S/C26H27FN6O3S/c27-11-12-29-15-17-1-3-19(4-2-17)25-32-33-26(36-25)23-24(28)30-16-22(31-23)18-5-7-20(8-6-18)37(34)21-9-13-35-14-10-21/h1-8,16,21,29H,9-15H2,(H2,28,30). The molecule has 3 heterocycles. The molecule has 1 aliphatic rings. The number of anilines is 1. The zero-order chi connectivity index (χ0) is 25.6. The Balaban J connectivity index is 1.33. The molecule has 2 aromatic carbocycles. The van der Waals surface area contributed by atoms with Crippen LogP contribution in [0.3, 0.4) is 0 Å². The molecule has 0 saturated carbocycles. The van der Waals surface area contributed by atoms with Gasteiger partial charge in [-0.05, 0) is 42.7 Å². The van der Waals surface area contributed by atoms with Gasteiger partial charge in [0.05, 0.1) is 22.7 Å². The summed E-state index contributed by atoms with van der Waals surface area (Å²) in [6.45, 7) is 1.79. The Kier molecular flexibility index (Phi) is 7.93. The first-order valence-corrected chi connectivity index (χ1v) is 13.2. The highest BCUT2D eigenvalue weighted by Gasteiger charge is 2.22. The van der Waals surface area contributed by atoms with Crippen molar-refractivity contribution in [2.75, 3.05) is 32.2 Å². The molecular formula is C26H27FN6O3S. The molecular weight excluding hydrogens is 495 g/mol. The molecule has 37 heavy (non-hydrogen) atoms. The summed E-state index contributed by atoms with van der Waals surface area (Å²) in [5.74, 6) is 0.656. The van der Waals surface area contributed by atoms with E-state index in [9.17, 15) is 8.60 Å². The predicted molar refractivity (Wildman–Crippen MR) is 139 cm³/mol. The first-order valence-electron chi connectivity index (χ1n) is 12.0. The van der Waals surface area contributed by atoms with Crippen LogP contribution in [0.2, 0.25) is 0 Å². The summed E-state index contributed by atoms with van der Waals surface area (Å²) < 4.78 is 36.4. The van der Waals surface area contributed by atoms with E-state index in [2.05, 4.69) is 25.5 Å². The van der Waals surface area contributed by atoms with Crippen LogP contribution in [-0.2, 0) is 22.1 Å². The molecule has 11 heteroatoms. The van der Waals surface area contributed by atoms with Crippen molar-refractivity contribution in [3.05, 3.63) is 60.3 Å². The fourth-order valence-corrected chi connectivity index (χ4v) is 5.45. The maximum atomic E-state index is 12.9. The highest BCUT2D eigenvalue weighted by Crippen LogP contribution is 2.29. The van der Waals surface area contributed by atoms with Gasteiger partial charge in [0, 0.05) is 47.6 Å². The van der Waals surface area contributed by atoms with Gasteiger partial charge >= 0.3 is 0 Å². The molecule has 0 spiro atoms. The summed E-state index contributed by atoms with van der Waals surface area (Å²) in [6, 6.07) is 15.0. The lowest BCUT2D eigenvalue weighted by Gasteiger charge is -2.21. The number of ether oxygens (including phenoxy) is 1. The Hall–Kier alpha value is -3.54. The second kappa shape index (κ2) is 11.7. The quantitative estimate of drug-likeness (QED) is 0.315. The van der Waals surface area contributed by atoms with Crippen LogP contribution in [-0.4, -0.2) is 56.1 Å². The number of hydrogen-bond donors (Lipinski definition) is 2. The number of nitrogens with zero attached hydrogens (tertiary/aromatic N) is 4.